The van der Waals surface area contributed by atoms with Crippen molar-refractivity contribution in [2.45, 2.75) is 51.7 Å². The van der Waals surface area contributed by atoms with Gasteiger partial charge < -0.3 is 14.8 Å². The molecule has 1 aliphatic rings. The minimum Gasteiger partial charge on any atom is -0.476 e. The van der Waals surface area contributed by atoms with Crippen molar-refractivity contribution in [3.05, 3.63) is 52.9 Å². The molecule has 2 aromatic rings. The predicted octanol–water partition coefficient (Wildman–Crippen LogP) is 3.61. The fourth-order valence-electron chi connectivity index (χ4n) is 3.38. The molecule has 1 atom stereocenters. The minimum absolute atomic E-state index is 0.0249. The number of amides is 1. The fraction of sp³-hybridized carbons (Fsp3) is 0.500. The van der Waals surface area contributed by atoms with Gasteiger partial charge in [0.15, 0.2) is 0 Å². The van der Waals surface area contributed by atoms with Gasteiger partial charge in [-0.15, -0.1) is 0 Å². The topological polar surface area (TPSA) is 73.3 Å². The molecule has 1 heterocycles. The predicted molar refractivity (Wildman–Crippen MR) is 112 cm³/mol. The second-order valence-corrected chi connectivity index (χ2v) is 8.01. The summed E-state index contributed by atoms with van der Waals surface area (Å²) in [6.45, 7) is 4.54. The molecule has 3 rings (SSSR count). The Labute approximate surface area is 177 Å². The van der Waals surface area contributed by atoms with Crippen LogP contribution in [0.4, 0.5) is 0 Å². The van der Waals surface area contributed by atoms with E-state index in [-0.39, 0.29) is 18.1 Å². The van der Waals surface area contributed by atoms with Crippen molar-refractivity contribution in [2.75, 3.05) is 13.2 Å². The zero-order chi connectivity index (χ0) is 20.6. The number of benzene rings is 1. The number of rotatable bonds is 10. The van der Waals surface area contributed by atoms with Crippen molar-refractivity contribution >= 4 is 17.5 Å². The van der Waals surface area contributed by atoms with E-state index in [1.165, 1.54) is 18.8 Å². The number of nitrogens with zero attached hydrogens (tertiary/aromatic N) is 2. The van der Waals surface area contributed by atoms with Crippen LogP contribution >= 0.6 is 11.6 Å². The number of ether oxygens (including phenoxy) is 2. The van der Waals surface area contributed by atoms with Gasteiger partial charge in [-0.1, -0.05) is 41.9 Å². The van der Waals surface area contributed by atoms with E-state index in [1.807, 2.05) is 25.1 Å². The van der Waals surface area contributed by atoms with Crippen molar-refractivity contribution in [1.29, 1.82) is 0 Å². The van der Waals surface area contributed by atoms with Crippen molar-refractivity contribution < 1.29 is 14.3 Å². The normalized spacial score (nSPS) is 19.3. The van der Waals surface area contributed by atoms with Crippen molar-refractivity contribution in [1.82, 2.24) is 15.3 Å². The molecule has 1 aromatic heterocycles. The van der Waals surface area contributed by atoms with Crippen LogP contribution in [0.5, 0.6) is 5.88 Å². The summed E-state index contributed by atoms with van der Waals surface area (Å²) in [5, 5.41) is 3.32. The van der Waals surface area contributed by atoms with Crippen molar-refractivity contribution in [2.24, 2.45) is 5.92 Å². The number of hydrogen-bond acceptors (Lipinski definition) is 5. The molecule has 0 radical (unpaired) electrons. The smallest absolute Gasteiger partial charge is 0.235 e. The molecule has 1 saturated carbocycles. The Morgan fingerprint density at radius 1 is 1.24 bits per heavy atom. The summed E-state index contributed by atoms with van der Waals surface area (Å²) >= 11 is 6.47. The van der Waals surface area contributed by atoms with Gasteiger partial charge in [-0.05, 0) is 44.1 Å². The Morgan fingerprint density at radius 2 is 2.00 bits per heavy atom. The van der Waals surface area contributed by atoms with Gasteiger partial charge in [-0.25, -0.2) is 9.97 Å². The third kappa shape index (κ3) is 6.68. The van der Waals surface area contributed by atoms with Crippen LogP contribution < -0.4 is 10.1 Å². The Balaban J connectivity index is 1.40. The van der Waals surface area contributed by atoms with Gasteiger partial charge in [0.05, 0.1) is 25.0 Å². The molecule has 0 bridgehead atoms. The second kappa shape index (κ2) is 10.6. The Bertz CT molecular complexity index is 797. The number of carbonyl (C=O) groups excluding carboxylic acids is 1. The zero-order valence-corrected chi connectivity index (χ0v) is 17.7. The summed E-state index contributed by atoms with van der Waals surface area (Å²) in [5.74, 6) is 0.842. The lowest BCUT2D eigenvalue weighted by Gasteiger charge is -2.35. The highest BCUT2D eigenvalue weighted by Gasteiger charge is 2.31. The van der Waals surface area contributed by atoms with Crippen LogP contribution in [0.2, 0.25) is 5.02 Å². The van der Waals surface area contributed by atoms with Gasteiger partial charge in [0.25, 0.3) is 0 Å². The molecule has 7 heteroatoms. The van der Waals surface area contributed by atoms with E-state index in [0.29, 0.717) is 30.0 Å². The highest BCUT2D eigenvalue weighted by molar-refractivity contribution is 6.32. The van der Waals surface area contributed by atoms with Gasteiger partial charge in [-0.3, -0.25) is 4.79 Å². The lowest BCUT2D eigenvalue weighted by Crippen LogP contribution is -2.40. The number of carbonyl (C=O) groups is 1. The number of halogens is 1. The second-order valence-electron chi connectivity index (χ2n) is 7.63. The number of aryl methyl sites for hydroxylation is 2. The van der Waals surface area contributed by atoms with Crippen LogP contribution in [0.15, 0.2) is 36.7 Å². The van der Waals surface area contributed by atoms with Crippen molar-refractivity contribution in [3.63, 3.8) is 0 Å². The largest absolute Gasteiger partial charge is 0.476 e. The van der Waals surface area contributed by atoms with Gasteiger partial charge >= 0.3 is 0 Å². The SMILES string of the molecule is CC(=O)N[C@@H](C)COC1CC(COc2ncnc(CCc3ccccc3)c2Cl)C1. The molecular weight excluding hydrogens is 390 g/mol. The Kier molecular flexibility index (Phi) is 7.83. The lowest BCUT2D eigenvalue weighted by atomic mass is 9.83. The first kappa shape index (κ1) is 21.5. The first-order valence-electron chi connectivity index (χ1n) is 10.1. The maximum absolute atomic E-state index is 11.0. The Morgan fingerprint density at radius 3 is 2.72 bits per heavy atom. The maximum Gasteiger partial charge on any atom is 0.235 e. The average Bonchev–Trinajstić information content (AvgIpc) is 2.66. The molecule has 1 aliphatic carbocycles. The monoisotopic (exact) mass is 417 g/mol. The van der Waals surface area contributed by atoms with E-state index < -0.39 is 0 Å². The first-order chi connectivity index (χ1) is 14.0. The molecule has 1 N–H and O–H groups in total. The molecule has 6 nitrogen and oxygen atoms in total. The zero-order valence-electron chi connectivity index (χ0n) is 16.9. The summed E-state index contributed by atoms with van der Waals surface area (Å²) in [4.78, 5) is 19.5. The highest BCUT2D eigenvalue weighted by atomic mass is 35.5. The summed E-state index contributed by atoms with van der Waals surface area (Å²) < 4.78 is 11.7. The number of hydrogen-bond donors (Lipinski definition) is 1. The average molecular weight is 418 g/mol. The van der Waals surface area contributed by atoms with E-state index in [2.05, 4.69) is 27.4 Å². The molecule has 0 unspecified atom stereocenters. The van der Waals surface area contributed by atoms with Crippen LogP contribution in [-0.2, 0) is 22.4 Å². The molecule has 0 aliphatic heterocycles. The standard InChI is InChI=1S/C22H28ClN3O3/c1-15(26-16(2)27)12-28-19-10-18(11-19)13-29-22-21(23)20(24-14-25-22)9-8-17-6-4-3-5-7-17/h3-7,14-15,18-19H,8-13H2,1-2H3,(H,26,27)/t15-,18?,19?/m0/s1. The molecular formula is C22H28ClN3O3. The van der Waals surface area contributed by atoms with Gasteiger partial charge in [0.1, 0.15) is 11.3 Å². The van der Waals surface area contributed by atoms with Gasteiger partial charge in [0.2, 0.25) is 11.8 Å². The van der Waals surface area contributed by atoms with E-state index in [9.17, 15) is 4.79 Å². The van der Waals surface area contributed by atoms with Gasteiger partial charge in [-0.2, -0.15) is 0 Å². The molecule has 1 fully saturated rings. The maximum atomic E-state index is 11.0. The van der Waals surface area contributed by atoms with E-state index in [0.717, 1.165) is 31.4 Å². The molecule has 1 aromatic carbocycles. The lowest BCUT2D eigenvalue weighted by molar-refractivity contribution is -0.120. The molecule has 29 heavy (non-hydrogen) atoms. The third-order valence-electron chi connectivity index (χ3n) is 5.00. The van der Waals surface area contributed by atoms with E-state index in [4.69, 9.17) is 21.1 Å². The minimum atomic E-state index is -0.0362. The summed E-state index contributed by atoms with van der Waals surface area (Å²) in [5.41, 5.74) is 2.06. The molecule has 0 spiro atoms. The molecule has 156 valence electrons. The van der Waals surface area contributed by atoms with E-state index >= 15 is 0 Å². The number of nitrogens with one attached hydrogen (secondary N) is 1. The summed E-state index contributed by atoms with van der Waals surface area (Å²) in [7, 11) is 0. The highest BCUT2D eigenvalue weighted by Crippen LogP contribution is 2.32. The van der Waals surface area contributed by atoms with E-state index in [1.54, 1.807) is 0 Å². The fourth-order valence-corrected chi connectivity index (χ4v) is 3.63. The molecule has 1 amide bonds. The van der Waals surface area contributed by atoms with Crippen LogP contribution in [0.1, 0.15) is 37.9 Å². The Hall–Kier alpha value is -2.18. The van der Waals surface area contributed by atoms with Crippen LogP contribution in [0, 0.1) is 5.92 Å². The van der Waals surface area contributed by atoms with Crippen LogP contribution in [0.3, 0.4) is 0 Å². The first-order valence-corrected chi connectivity index (χ1v) is 10.4. The molecule has 0 saturated heterocycles. The van der Waals surface area contributed by atoms with Crippen LogP contribution in [0.25, 0.3) is 0 Å². The number of aromatic nitrogens is 2. The van der Waals surface area contributed by atoms with Gasteiger partial charge in [0, 0.05) is 13.0 Å². The van der Waals surface area contributed by atoms with Crippen LogP contribution in [-0.4, -0.2) is 41.2 Å². The third-order valence-corrected chi connectivity index (χ3v) is 5.38. The summed E-state index contributed by atoms with van der Waals surface area (Å²) in [6.07, 6.45) is 5.23. The summed E-state index contributed by atoms with van der Waals surface area (Å²) in [6, 6.07) is 10.3. The van der Waals surface area contributed by atoms with Crippen molar-refractivity contribution in [3.8, 4) is 5.88 Å². The quantitative estimate of drug-likeness (QED) is 0.639.